The van der Waals surface area contributed by atoms with Crippen LogP contribution in [-0.4, -0.2) is 36.4 Å². The molecule has 0 atom stereocenters. The van der Waals surface area contributed by atoms with Gasteiger partial charge < -0.3 is 10.2 Å². The first kappa shape index (κ1) is 16.2. The van der Waals surface area contributed by atoms with E-state index >= 15 is 0 Å². The van der Waals surface area contributed by atoms with E-state index in [1.165, 1.54) is 0 Å². The highest BCUT2D eigenvalue weighted by atomic mass is 35.5. The number of nitrogens with zero attached hydrogens (tertiary/aromatic N) is 2. The van der Waals surface area contributed by atoms with E-state index in [1.807, 2.05) is 12.1 Å². The van der Waals surface area contributed by atoms with E-state index in [0.717, 1.165) is 5.56 Å². The van der Waals surface area contributed by atoms with E-state index in [9.17, 15) is 4.79 Å². The number of halogens is 2. The third-order valence-corrected chi connectivity index (χ3v) is 2.51. The van der Waals surface area contributed by atoms with E-state index in [0.29, 0.717) is 24.7 Å². The van der Waals surface area contributed by atoms with Gasteiger partial charge in [0.2, 0.25) is 5.91 Å². The van der Waals surface area contributed by atoms with Crippen LogP contribution in [-0.2, 0) is 11.3 Å². The second-order valence-corrected chi connectivity index (χ2v) is 4.03. The molecular weight excluding hydrogens is 261 g/mol. The molecule has 0 aliphatic rings. The highest BCUT2D eigenvalue weighted by Crippen LogP contribution is 2.10. The van der Waals surface area contributed by atoms with Gasteiger partial charge in [-0.1, -0.05) is 17.7 Å². The summed E-state index contributed by atoms with van der Waals surface area (Å²) in [7, 11) is 3.50. The topological polar surface area (TPSA) is 45.2 Å². The average molecular weight is 278 g/mol. The summed E-state index contributed by atoms with van der Waals surface area (Å²) >= 11 is 5.89. The summed E-state index contributed by atoms with van der Waals surface area (Å²) in [5.74, 6) is 0.116. The molecular formula is C11H17Cl2N3O. The molecule has 0 unspecified atom stereocenters. The molecule has 0 radical (unpaired) electrons. The van der Waals surface area contributed by atoms with Gasteiger partial charge in [-0.25, -0.2) is 4.98 Å². The lowest BCUT2D eigenvalue weighted by atomic mass is 10.3. The zero-order valence-corrected chi connectivity index (χ0v) is 11.5. The maximum atomic E-state index is 11.3. The van der Waals surface area contributed by atoms with E-state index in [-0.39, 0.29) is 18.3 Å². The van der Waals surface area contributed by atoms with Crippen LogP contribution in [0, 0.1) is 0 Å². The molecule has 1 amide bonds. The maximum Gasteiger partial charge on any atom is 0.223 e. The molecule has 0 aromatic carbocycles. The summed E-state index contributed by atoms with van der Waals surface area (Å²) in [5, 5.41) is 3.66. The summed E-state index contributed by atoms with van der Waals surface area (Å²) in [4.78, 5) is 16.8. The van der Waals surface area contributed by atoms with Gasteiger partial charge in [0.1, 0.15) is 5.15 Å². The fraction of sp³-hybridized carbons (Fsp3) is 0.455. The number of hydrogen-bond acceptors (Lipinski definition) is 3. The van der Waals surface area contributed by atoms with Crippen molar-refractivity contribution < 1.29 is 4.79 Å². The van der Waals surface area contributed by atoms with Crippen molar-refractivity contribution in [3.8, 4) is 0 Å². The second-order valence-electron chi connectivity index (χ2n) is 3.67. The molecule has 0 spiro atoms. The Bertz CT molecular complexity index is 358. The normalized spacial score (nSPS) is 9.59. The zero-order chi connectivity index (χ0) is 12.0. The van der Waals surface area contributed by atoms with Crippen molar-refractivity contribution in [1.29, 1.82) is 0 Å². The molecule has 0 saturated heterocycles. The molecule has 0 saturated carbocycles. The van der Waals surface area contributed by atoms with Gasteiger partial charge in [-0.2, -0.15) is 0 Å². The molecule has 1 heterocycles. The Hall–Kier alpha value is -0.840. The number of nitrogens with one attached hydrogen (secondary N) is 1. The minimum atomic E-state index is 0. The quantitative estimate of drug-likeness (QED) is 0.659. The van der Waals surface area contributed by atoms with Crippen molar-refractivity contribution in [3.05, 3.63) is 29.0 Å². The van der Waals surface area contributed by atoms with Gasteiger partial charge in [-0.15, -0.1) is 12.4 Å². The van der Waals surface area contributed by atoms with Crippen LogP contribution in [0.15, 0.2) is 18.3 Å². The van der Waals surface area contributed by atoms with Crippen LogP contribution in [0.2, 0.25) is 5.15 Å². The summed E-state index contributed by atoms with van der Waals surface area (Å²) in [6, 6.07) is 3.75. The zero-order valence-electron chi connectivity index (χ0n) is 9.94. The van der Waals surface area contributed by atoms with Gasteiger partial charge in [0.05, 0.1) is 0 Å². The minimum absolute atomic E-state index is 0. The smallest absolute Gasteiger partial charge is 0.223 e. The molecule has 6 heteroatoms. The number of hydrogen-bond donors (Lipinski definition) is 1. The number of aromatic nitrogens is 1. The van der Waals surface area contributed by atoms with Crippen molar-refractivity contribution in [1.82, 2.24) is 15.2 Å². The average Bonchev–Trinajstić information content (AvgIpc) is 2.26. The standard InChI is InChI=1S/C11H16ClN3O.ClH/c1-15(2)10(16)5-7-13-8-9-4-3-6-14-11(9)12;/h3-4,6,13H,5,7-8H2,1-2H3;1H. The monoisotopic (exact) mass is 277 g/mol. The molecule has 0 aliphatic heterocycles. The van der Waals surface area contributed by atoms with Crippen molar-refractivity contribution in [2.75, 3.05) is 20.6 Å². The second kappa shape index (κ2) is 8.28. The summed E-state index contributed by atoms with van der Waals surface area (Å²) in [6.07, 6.45) is 2.15. The van der Waals surface area contributed by atoms with Gasteiger partial charge >= 0.3 is 0 Å². The van der Waals surface area contributed by atoms with Crippen LogP contribution in [0.4, 0.5) is 0 Å². The number of amides is 1. The minimum Gasteiger partial charge on any atom is -0.349 e. The van der Waals surface area contributed by atoms with Gasteiger partial charge in [0.15, 0.2) is 0 Å². The van der Waals surface area contributed by atoms with Crippen LogP contribution in [0.3, 0.4) is 0 Å². The summed E-state index contributed by atoms with van der Waals surface area (Å²) in [5.41, 5.74) is 0.946. The Morgan fingerprint density at radius 3 is 2.82 bits per heavy atom. The summed E-state index contributed by atoms with van der Waals surface area (Å²) in [6.45, 7) is 1.27. The first-order valence-corrected chi connectivity index (χ1v) is 5.49. The highest BCUT2D eigenvalue weighted by molar-refractivity contribution is 6.30. The molecule has 17 heavy (non-hydrogen) atoms. The lowest BCUT2D eigenvalue weighted by molar-refractivity contribution is -0.128. The number of rotatable bonds is 5. The van der Waals surface area contributed by atoms with E-state index in [1.54, 1.807) is 25.2 Å². The van der Waals surface area contributed by atoms with Gasteiger partial charge in [-0.05, 0) is 6.07 Å². The van der Waals surface area contributed by atoms with Crippen molar-refractivity contribution >= 4 is 29.9 Å². The predicted molar refractivity (Wildman–Crippen MR) is 71.5 cm³/mol. The third kappa shape index (κ3) is 5.86. The van der Waals surface area contributed by atoms with Crippen molar-refractivity contribution in [2.45, 2.75) is 13.0 Å². The van der Waals surface area contributed by atoms with Gasteiger partial charge in [-0.3, -0.25) is 4.79 Å². The molecule has 1 aromatic heterocycles. The molecule has 0 aliphatic carbocycles. The van der Waals surface area contributed by atoms with Crippen molar-refractivity contribution in [3.63, 3.8) is 0 Å². The fourth-order valence-corrected chi connectivity index (χ4v) is 1.38. The predicted octanol–water partition coefficient (Wildman–Crippen LogP) is 1.72. The molecule has 1 rings (SSSR count). The van der Waals surface area contributed by atoms with Crippen molar-refractivity contribution in [2.24, 2.45) is 0 Å². The number of carbonyl (C=O) groups excluding carboxylic acids is 1. The van der Waals surface area contributed by atoms with Crippen LogP contribution in [0.5, 0.6) is 0 Å². The fourth-order valence-electron chi connectivity index (χ4n) is 1.19. The van der Waals surface area contributed by atoms with Crippen LogP contribution >= 0.6 is 24.0 Å². The van der Waals surface area contributed by atoms with Crippen LogP contribution in [0.25, 0.3) is 0 Å². The molecule has 96 valence electrons. The lowest BCUT2D eigenvalue weighted by Crippen LogP contribution is -2.26. The Balaban J connectivity index is 0.00000256. The molecule has 1 N–H and O–H groups in total. The Labute approximate surface area is 113 Å². The lowest BCUT2D eigenvalue weighted by Gasteiger charge is -2.10. The molecule has 4 nitrogen and oxygen atoms in total. The SMILES string of the molecule is CN(C)C(=O)CCNCc1cccnc1Cl.Cl. The summed E-state index contributed by atoms with van der Waals surface area (Å²) < 4.78 is 0. The number of pyridine rings is 1. The van der Waals surface area contributed by atoms with Gasteiger partial charge in [0.25, 0.3) is 0 Å². The molecule has 0 fully saturated rings. The first-order valence-electron chi connectivity index (χ1n) is 5.11. The largest absolute Gasteiger partial charge is 0.349 e. The van der Waals surface area contributed by atoms with E-state index in [2.05, 4.69) is 10.3 Å². The van der Waals surface area contributed by atoms with Crippen LogP contribution in [0.1, 0.15) is 12.0 Å². The number of carbonyl (C=O) groups is 1. The third-order valence-electron chi connectivity index (χ3n) is 2.17. The van der Waals surface area contributed by atoms with E-state index in [4.69, 9.17) is 11.6 Å². The van der Waals surface area contributed by atoms with Crippen LogP contribution < -0.4 is 5.32 Å². The Morgan fingerprint density at radius 1 is 1.53 bits per heavy atom. The first-order chi connectivity index (χ1) is 7.61. The van der Waals surface area contributed by atoms with E-state index < -0.39 is 0 Å². The molecule has 0 bridgehead atoms. The molecule has 1 aromatic rings. The van der Waals surface area contributed by atoms with Gasteiger partial charge in [0, 0.05) is 45.4 Å². The Kier molecular flexibility index (Phi) is 7.87. The maximum absolute atomic E-state index is 11.3. The highest BCUT2D eigenvalue weighted by Gasteiger charge is 2.03. The Morgan fingerprint density at radius 2 is 2.24 bits per heavy atom.